The Bertz CT molecular complexity index is 540. The first kappa shape index (κ1) is 15.7. The Hall–Kier alpha value is -0.710. The molecule has 106 valence electrons. The maximum atomic E-state index is 4.24. The van der Waals surface area contributed by atoms with E-state index in [1.165, 1.54) is 11.1 Å². The number of likely N-dealkylation sites (N-methyl/N-ethyl adjacent to an activating group) is 1. The van der Waals surface area contributed by atoms with E-state index >= 15 is 0 Å². The normalized spacial score (nSPS) is 12.3. The smallest absolute Gasteiger partial charge is 0.0410 e. The lowest BCUT2D eigenvalue weighted by molar-refractivity contribution is 0.521. The molecule has 0 aliphatic carbocycles. The summed E-state index contributed by atoms with van der Waals surface area (Å²) in [6.45, 7) is 3.12. The van der Waals surface area contributed by atoms with Crippen LogP contribution in [0.15, 0.2) is 51.7 Å². The average Bonchev–Trinajstić information content (AvgIpc) is 2.42. The molecule has 0 saturated heterocycles. The lowest BCUT2D eigenvalue weighted by atomic mass is 10.00. The zero-order valence-electron chi connectivity index (χ0n) is 11.4. The molecule has 0 fully saturated rings. The maximum absolute atomic E-state index is 4.24. The van der Waals surface area contributed by atoms with Crippen molar-refractivity contribution in [2.45, 2.75) is 25.8 Å². The largest absolute Gasteiger partial charge is 0.314 e. The van der Waals surface area contributed by atoms with Crippen LogP contribution in [0.25, 0.3) is 0 Å². The Morgan fingerprint density at radius 2 is 1.70 bits per heavy atom. The second kappa shape index (κ2) is 7.91. The van der Waals surface area contributed by atoms with Crippen molar-refractivity contribution in [1.82, 2.24) is 10.3 Å². The number of rotatable bonds is 6. The fourth-order valence-corrected chi connectivity index (χ4v) is 2.94. The minimum atomic E-state index is 0.428. The molecule has 1 unspecified atom stereocenters. The summed E-state index contributed by atoms with van der Waals surface area (Å²) in [7, 11) is 0. The van der Waals surface area contributed by atoms with Crippen LogP contribution in [0.2, 0.25) is 0 Å². The number of aromatic nitrogens is 1. The minimum absolute atomic E-state index is 0.428. The summed E-state index contributed by atoms with van der Waals surface area (Å²) >= 11 is 6.95. The van der Waals surface area contributed by atoms with Crippen molar-refractivity contribution in [2.24, 2.45) is 0 Å². The Balaban J connectivity index is 2.05. The molecule has 1 atom stereocenters. The monoisotopic (exact) mass is 396 g/mol. The van der Waals surface area contributed by atoms with Gasteiger partial charge in [0, 0.05) is 27.4 Å². The number of benzene rings is 1. The van der Waals surface area contributed by atoms with Crippen LogP contribution >= 0.6 is 31.9 Å². The van der Waals surface area contributed by atoms with Crippen LogP contribution in [0.4, 0.5) is 0 Å². The number of nitrogens with one attached hydrogen (secondary N) is 1. The van der Waals surface area contributed by atoms with Crippen molar-refractivity contribution < 1.29 is 0 Å². The molecule has 2 aromatic rings. The van der Waals surface area contributed by atoms with Crippen LogP contribution < -0.4 is 5.32 Å². The number of hydrogen-bond donors (Lipinski definition) is 1. The van der Waals surface area contributed by atoms with Gasteiger partial charge in [0.25, 0.3) is 0 Å². The molecule has 1 heterocycles. The predicted molar refractivity (Wildman–Crippen MR) is 91.0 cm³/mol. The SMILES string of the molecule is CCNC(Cc1ccc(Br)cc1)Cc1cncc(Br)c1. The first-order chi connectivity index (χ1) is 9.67. The first-order valence-corrected chi connectivity index (χ1v) is 8.33. The van der Waals surface area contributed by atoms with Crippen LogP contribution in [0.1, 0.15) is 18.1 Å². The average molecular weight is 398 g/mol. The molecule has 0 aliphatic heterocycles. The molecule has 0 amide bonds. The molecule has 1 N–H and O–H groups in total. The predicted octanol–water partition coefficient (Wildman–Crippen LogP) is 4.37. The topological polar surface area (TPSA) is 24.9 Å². The van der Waals surface area contributed by atoms with E-state index in [9.17, 15) is 0 Å². The Kier molecular flexibility index (Phi) is 6.20. The number of halogens is 2. The third-order valence-electron chi connectivity index (χ3n) is 3.13. The van der Waals surface area contributed by atoms with Gasteiger partial charge < -0.3 is 5.32 Å². The van der Waals surface area contributed by atoms with Gasteiger partial charge in [-0.3, -0.25) is 4.98 Å². The van der Waals surface area contributed by atoms with Crippen molar-refractivity contribution >= 4 is 31.9 Å². The van der Waals surface area contributed by atoms with Crippen LogP contribution in [-0.4, -0.2) is 17.6 Å². The van der Waals surface area contributed by atoms with E-state index in [4.69, 9.17) is 0 Å². The standard InChI is InChI=1S/C16H18Br2N2/c1-2-20-16(8-12-3-5-14(17)6-4-12)9-13-7-15(18)11-19-10-13/h3-7,10-11,16,20H,2,8-9H2,1H3. The van der Waals surface area contributed by atoms with E-state index in [-0.39, 0.29) is 0 Å². The van der Waals surface area contributed by atoms with Crippen molar-refractivity contribution in [2.75, 3.05) is 6.54 Å². The molecule has 2 rings (SSSR count). The fourth-order valence-electron chi connectivity index (χ4n) is 2.26. The number of hydrogen-bond acceptors (Lipinski definition) is 2. The highest BCUT2D eigenvalue weighted by Gasteiger charge is 2.10. The van der Waals surface area contributed by atoms with Gasteiger partial charge in [0.05, 0.1) is 0 Å². The van der Waals surface area contributed by atoms with E-state index in [0.29, 0.717) is 6.04 Å². The van der Waals surface area contributed by atoms with E-state index in [1.54, 1.807) is 0 Å². The molecule has 20 heavy (non-hydrogen) atoms. The zero-order chi connectivity index (χ0) is 14.4. The highest BCUT2D eigenvalue weighted by Crippen LogP contribution is 2.15. The van der Waals surface area contributed by atoms with Crippen molar-refractivity contribution in [3.63, 3.8) is 0 Å². The molecule has 0 bridgehead atoms. The molecule has 1 aromatic heterocycles. The van der Waals surface area contributed by atoms with E-state index < -0.39 is 0 Å². The van der Waals surface area contributed by atoms with Crippen LogP contribution in [0.3, 0.4) is 0 Å². The molecule has 2 nitrogen and oxygen atoms in total. The van der Waals surface area contributed by atoms with Gasteiger partial charge in [0.2, 0.25) is 0 Å². The van der Waals surface area contributed by atoms with Crippen molar-refractivity contribution in [3.8, 4) is 0 Å². The zero-order valence-corrected chi connectivity index (χ0v) is 14.6. The fraction of sp³-hybridized carbons (Fsp3) is 0.312. The lowest BCUT2D eigenvalue weighted by Crippen LogP contribution is -2.33. The molecule has 0 aliphatic rings. The van der Waals surface area contributed by atoms with Gasteiger partial charge in [0.15, 0.2) is 0 Å². The Labute approximate surface area is 137 Å². The molecule has 1 aromatic carbocycles. The first-order valence-electron chi connectivity index (χ1n) is 6.74. The molecule has 0 saturated carbocycles. The molecule has 0 spiro atoms. The van der Waals surface area contributed by atoms with Crippen LogP contribution in [-0.2, 0) is 12.8 Å². The summed E-state index contributed by atoms with van der Waals surface area (Å²) in [6.07, 6.45) is 5.77. The van der Waals surface area contributed by atoms with Crippen molar-refractivity contribution in [3.05, 3.63) is 62.8 Å². The summed E-state index contributed by atoms with van der Waals surface area (Å²) in [5.41, 5.74) is 2.60. The molecular weight excluding hydrogens is 380 g/mol. The summed E-state index contributed by atoms with van der Waals surface area (Å²) in [5, 5.41) is 3.56. The van der Waals surface area contributed by atoms with Crippen LogP contribution in [0.5, 0.6) is 0 Å². The van der Waals surface area contributed by atoms with Gasteiger partial charge in [-0.05, 0) is 64.6 Å². The lowest BCUT2D eigenvalue weighted by Gasteiger charge is -2.18. The van der Waals surface area contributed by atoms with Gasteiger partial charge in [-0.2, -0.15) is 0 Å². The van der Waals surface area contributed by atoms with Gasteiger partial charge in [-0.1, -0.05) is 35.0 Å². The second-order valence-corrected chi connectivity index (χ2v) is 6.63. The summed E-state index contributed by atoms with van der Waals surface area (Å²) in [5.74, 6) is 0. The highest BCUT2D eigenvalue weighted by atomic mass is 79.9. The third-order valence-corrected chi connectivity index (χ3v) is 4.09. The van der Waals surface area contributed by atoms with E-state index in [1.807, 2.05) is 12.4 Å². The summed E-state index contributed by atoms with van der Waals surface area (Å²) in [6, 6.07) is 11.1. The Morgan fingerprint density at radius 3 is 2.35 bits per heavy atom. The number of pyridine rings is 1. The van der Waals surface area contributed by atoms with Gasteiger partial charge >= 0.3 is 0 Å². The second-order valence-electron chi connectivity index (χ2n) is 4.80. The van der Waals surface area contributed by atoms with Crippen molar-refractivity contribution in [1.29, 1.82) is 0 Å². The van der Waals surface area contributed by atoms with Gasteiger partial charge in [-0.25, -0.2) is 0 Å². The summed E-state index contributed by atoms with van der Waals surface area (Å²) in [4.78, 5) is 4.24. The van der Waals surface area contributed by atoms with E-state index in [2.05, 4.69) is 79.4 Å². The minimum Gasteiger partial charge on any atom is -0.314 e. The highest BCUT2D eigenvalue weighted by molar-refractivity contribution is 9.10. The molecular formula is C16H18Br2N2. The Morgan fingerprint density at radius 1 is 1.00 bits per heavy atom. The third kappa shape index (κ3) is 5.00. The molecule has 0 radical (unpaired) electrons. The van der Waals surface area contributed by atoms with E-state index in [0.717, 1.165) is 28.3 Å². The maximum Gasteiger partial charge on any atom is 0.0410 e. The van der Waals surface area contributed by atoms with Crippen LogP contribution in [0, 0.1) is 0 Å². The molecule has 4 heteroatoms. The quantitative estimate of drug-likeness (QED) is 0.782. The van der Waals surface area contributed by atoms with Gasteiger partial charge in [0.1, 0.15) is 0 Å². The summed E-state index contributed by atoms with van der Waals surface area (Å²) < 4.78 is 2.16. The number of nitrogens with zero attached hydrogens (tertiary/aromatic N) is 1. The van der Waals surface area contributed by atoms with Gasteiger partial charge in [-0.15, -0.1) is 0 Å².